The Bertz CT molecular complexity index is 495. The summed E-state index contributed by atoms with van der Waals surface area (Å²) in [6.45, 7) is 4.37. The minimum absolute atomic E-state index is 0.0917. The normalized spacial score (nSPS) is 24.5. The highest BCUT2D eigenvalue weighted by Crippen LogP contribution is 2.35. The van der Waals surface area contributed by atoms with Gasteiger partial charge in [-0.1, -0.05) is 12.1 Å². The number of amides is 1. The molecule has 1 amide bonds. The number of hydrogen-bond acceptors (Lipinski definition) is 4. The van der Waals surface area contributed by atoms with Gasteiger partial charge in [-0.25, -0.2) is 0 Å². The molecule has 5 nitrogen and oxygen atoms in total. The number of nitrogens with one attached hydrogen (secondary N) is 2. The molecule has 2 aliphatic heterocycles. The Morgan fingerprint density at radius 1 is 1.47 bits per heavy atom. The van der Waals surface area contributed by atoms with Gasteiger partial charge in [0.2, 0.25) is 12.7 Å². The fourth-order valence-electron chi connectivity index (χ4n) is 2.53. The van der Waals surface area contributed by atoms with Gasteiger partial charge >= 0.3 is 0 Å². The second kappa shape index (κ2) is 4.74. The lowest BCUT2D eigenvalue weighted by Gasteiger charge is -2.21. The number of hydrogen-bond donors (Lipinski definition) is 2. The van der Waals surface area contributed by atoms with Gasteiger partial charge in [0.25, 0.3) is 0 Å². The van der Waals surface area contributed by atoms with Crippen LogP contribution in [-0.2, 0) is 11.3 Å². The summed E-state index contributed by atoms with van der Waals surface area (Å²) in [5.74, 6) is 1.59. The summed E-state index contributed by atoms with van der Waals surface area (Å²) in [5.41, 5.74) is 0.660. The van der Waals surface area contributed by atoms with Crippen LogP contribution in [0.15, 0.2) is 18.2 Å². The summed E-state index contributed by atoms with van der Waals surface area (Å²) in [6.07, 6.45) is 0.880. The van der Waals surface area contributed by atoms with Crippen molar-refractivity contribution in [2.24, 2.45) is 5.41 Å². The molecule has 102 valence electrons. The first-order valence-corrected chi connectivity index (χ1v) is 6.56. The van der Waals surface area contributed by atoms with Crippen LogP contribution in [0.1, 0.15) is 18.9 Å². The second-order valence-electron chi connectivity index (χ2n) is 5.32. The van der Waals surface area contributed by atoms with Crippen LogP contribution in [0.2, 0.25) is 0 Å². The Labute approximate surface area is 112 Å². The van der Waals surface area contributed by atoms with Crippen LogP contribution >= 0.6 is 0 Å². The number of carbonyl (C=O) groups is 1. The Morgan fingerprint density at radius 3 is 3.16 bits per heavy atom. The minimum atomic E-state index is -0.296. The van der Waals surface area contributed by atoms with Gasteiger partial charge in [0, 0.05) is 18.7 Å². The predicted octanol–water partition coefficient (Wildman–Crippen LogP) is 1.03. The lowest BCUT2D eigenvalue weighted by Crippen LogP contribution is -2.40. The van der Waals surface area contributed by atoms with Crippen molar-refractivity contribution < 1.29 is 14.3 Å². The van der Waals surface area contributed by atoms with Crippen molar-refractivity contribution in [3.8, 4) is 11.5 Å². The van der Waals surface area contributed by atoms with Gasteiger partial charge in [-0.15, -0.1) is 0 Å². The Hall–Kier alpha value is -1.75. The highest BCUT2D eigenvalue weighted by molar-refractivity contribution is 5.82. The zero-order chi connectivity index (χ0) is 13.3. The molecule has 0 spiro atoms. The highest BCUT2D eigenvalue weighted by Gasteiger charge is 2.36. The zero-order valence-electron chi connectivity index (χ0n) is 11.0. The van der Waals surface area contributed by atoms with Gasteiger partial charge in [-0.2, -0.15) is 0 Å². The summed E-state index contributed by atoms with van der Waals surface area (Å²) in [7, 11) is 0. The quantitative estimate of drug-likeness (QED) is 0.854. The molecule has 19 heavy (non-hydrogen) atoms. The molecule has 0 radical (unpaired) electrons. The van der Waals surface area contributed by atoms with E-state index in [0.717, 1.165) is 36.6 Å². The summed E-state index contributed by atoms with van der Waals surface area (Å²) < 4.78 is 10.7. The molecule has 1 atom stereocenters. The van der Waals surface area contributed by atoms with Crippen molar-refractivity contribution in [1.82, 2.24) is 10.6 Å². The molecule has 2 N–H and O–H groups in total. The maximum absolute atomic E-state index is 12.2. The molecular formula is C14H18N2O3. The molecule has 2 heterocycles. The molecule has 0 aliphatic carbocycles. The van der Waals surface area contributed by atoms with E-state index in [-0.39, 0.29) is 18.1 Å². The van der Waals surface area contributed by atoms with Gasteiger partial charge < -0.3 is 20.1 Å². The molecule has 1 aromatic carbocycles. The molecule has 2 aliphatic rings. The maximum Gasteiger partial charge on any atom is 0.231 e. The molecule has 0 aromatic heterocycles. The van der Waals surface area contributed by atoms with Crippen LogP contribution in [0.5, 0.6) is 11.5 Å². The number of rotatable bonds is 3. The second-order valence-corrected chi connectivity index (χ2v) is 5.32. The van der Waals surface area contributed by atoms with E-state index in [4.69, 9.17) is 9.47 Å². The molecule has 0 bridgehead atoms. The molecule has 3 rings (SSSR count). The van der Waals surface area contributed by atoms with Crippen LogP contribution in [0.3, 0.4) is 0 Å². The summed E-state index contributed by atoms with van der Waals surface area (Å²) in [4.78, 5) is 12.2. The van der Waals surface area contributed by atoms with E-state index in [9.17, 15) is 4.79 Å². The van der Waals surface area contributed by atoms with Crippen molar-refractivity contribution in [1.29, 1.82) is 0 Å². The van der Waals surface area contributed by atoms with E-state index < -0.39 is 0 Å². The van der Waals surface area contributed by atoms with Crippen molar-refractivity contribution in [3.05, 3.63) is 23.8 Å². The summed E-state index contributed by atoms with van der Waals surface area (Å²) in [5, 5.41) is 6.22. The fraction of sp³-hybridized carbons (Fsp3) is 0.500. The molecule has 1 saturated heterocycles. The first kappa shape index (κ1) is 12.3. The topological polar surface area (TPSA) is 59.6 Å². The van der Waals surface area contributed by atoms with Crippen molar-refractivity contribution in [2.45, 2.75) is 19.9 Å². The Morgan fingerprint density at radius 2 is 2.37 bits per heavy atom. The van der Waals surface area contributed by atoms with Crippen molar-refractivity contribution in [2.75, 3.05) is 19.9 Å². The van der Waals surface area contributed by atoms with E-state index in [2.05, 4.69) is 10.6 Å². The van der Waals surface area contributed by atoms with Crippen LogP contribution in [0.4, 0.5) is 0 Å². The lowest BCUT2D eigenvalue weighted by molar-refractivity contribution is -0.129. The number of para-hydroxylation sites is 1. The number of fused-ring (bicyclic) bond motifs is 1. The number of benzene rings is 1. The monoisotopic (exact) mass is 262 g/mol. The molecule has 1 aromatic rings. The third kappa shape index (κ3) is 2.26. The van der Waals surface area contributed by atoms with Gasteiger partial charge in [-0.05, 0) is 26.0 Å². The van der Waals surface area contributed by atoms with Crippen molar-refractivity contribution >= 4 is 5.91 Å². The predicted molar refractivity (Wildman–Crippen MR) is 70.0 cm³/mol. The molecular weight excluding hydrogens is 244 g/mol. The highest BCUT2D eigenvalue weighted by atomic mass is 16.7. The van der Waals surface area contributed by atoms with Crippen LogP contribution < -0.4 is 20.1 Å². The Balaban J connectivity index is 1.67. The standard InChI is InChI=1S/C14H18N2O3/c1-14(5-6-15-8-14)13(17)16-7-10-3-2-4-11-12(10)19-9-18-11/h2-4,15H,5-9H2,1H3,(H,16,17)/t14-/m1/s1. The fourth-order valence-corrected chi connectivity index (χ4v) is 2.53. The molecule has 1 fully saturated rings. The SMILES string of the molecule is C[C@@]1(C(=O)NCc2cccc3c2OCO3)CCNC1. The van der Waals surface area contributed by atoms with Crippen LogP contribution in [0.25, 0.3) is 0 Å². The maximum atomic E-state index is 12.2. The zero-order valence-corrected chi connectivity index (χ0v) is 11.0. The van der Waals surface area contributed by atoms with E-state index in [1.54, 1.807) is 0 Å². The average Bonchev–Trinajstić information content (AvgIpc) is 3.05. The van der Waals surface area contributed by atoms with Crippen molar-refractivity contribution in [3.63, 3.8) is 0 Å². The first-order chi connectivity index (χ1) is 9.19. The van der Waals surface area contributed by atoms with E-state index >= 15 is 0 Å². The average molecular weight is 262 g/mol. The largest absolute Gasteiger partial charge is 0.454 e. The molecule has 5 heteroatoms. The lowest BCUT2D eigenvalue weighted by atomic mass is 9.89. The van der Waals surface area contributed by atoms with Gasteiger partial charge in [0.05, 0.1) is 5.41 Å². The first-order valence-electron chi connectivity index (χ1n) is 6.56. The van der Waals surface area contributed by atoms with Gasteiger partial charge in [-0.3, -0.25) is 4.79 Å². The van der Waals surface area contributed by atoms with Gasteiger partial charge in [0.1, 0.15) is 0 Å². The van der Waals surface area contributed by atoms with E-state index in [1.807, 2.05) is 25.1 Å². The summed E-state index contributed by atoms with van der Waals surface area (Å²) in [6, 6.07) is 5.73. The van der Waals surface area contributed by atoms with E-state index in [1.165, 1.54) is 0 Å². The van der Waals surface area contributed by atoms with Crippen LogP contribution in [-0.4, -0.2) is 25.8 Å². The van der Waals surface area contributed by atoms with E-state index in [0.29, 0.717) is 6.54 Å². The molecule has 0 saturated carbocycles. The third-order valence-electron chi connectivity index (χ3n) is 3.83. The number of carbonyl (C=O) groups excluding carboxylic acids is 1. The third-order valence-corrected chi connectivity index (χ3v) is 3.83. The smallest absolute Gasteiger partial charge is 0.231 e. The Kier molecular flexibility index (Phi) is 3.06. The molecule has 0 unspecified atom stereocenters. The van der Waals surface area contributed by atoms with Crippen LogP contribution in [0, 0.1) is 5.41 Å². The summed E-state index contributed by atoms with van der Waals surface area (Å²) >= 11 is 0. The number of ether oxygens (including phenoxy) is 2. The minimum Gasteiger partial charge on any atom is -0.454 e. The van der Waals surface area contributed by atoms with Gasteiger partial charge in [0.15, 0.2) is 11.5 Å².